The van der Waals surface area contributed by atoms with E-state index in [9.17, 15) is 17.6 Å². The van der Waals surface area contributed by atoms with E-state index in [0.717, 1.165) is 6.26 Å². The van der Waals surface area contributed by atoms with Crippen LogP contribution in [0.25, 0.3) is 0 Å². The lowest BCUT2D eigenvalue weighted by Gasteiger charge is -2.21. The topological polar surface area (TPSA) is 92.0 Å². The molecule has 10 heteroatoms. The van der Waals surface area contributed by atoms with E-state index in [1.165, 1.54) is 29.5 Å². The third-order valence-electron chi connectivity index (χ3n) is 4.68. The van der Waals surface area contributed by atoms with Gasteiger partial charge in [-0.05, 0) is 47.5 Å². The van der Waals surface area contributed by atoms with Crippen molar-refractivity contribution in [3.63, 3.8) is 0 Å². The Hall–Kier alpha value is -3.17. The zero-order chi connectivity index (χ0) is 22.2. The van der Waals surface area contributed by atoms with Crippen LogP contribution in [0.4, 0.5) is 10.1 Å². The molecule has 0 bridgehead atoms. The monoisotopic (exact) mass is 461 g/mol. The summed E-state index contributed by atoms with van der Waals surface area (Å²) in [6.07, 6.45) is 2.76. The summed E-state index contributed by atoms with van der Waals surface area (Å²) in [5.74, 6) is -0.917. The number of nitrogens with zero attached hydrogens (tertiary/aromatic N) is 2. The minimum Gasteiger partial charge on any atom is -0.459 e. The summed E-state index contributed by atoms with van der Waals surface area (Å²) in [6, 6.07) is 13.5. The second-order valence-electron chi connectivity index (χ2n) is 7.02. The molecular weight excluding hydrogens is 445 g/mol. The van der Waals surface area contributed by atoms with Crippen LogP contribution in [0.5, 0.6) is 0 Å². The predicted molar refractivity (Wildman–Crippen MR) is 115 cm³/mol. The maximum absolute atomic E-state index is 13.7. The quantitative estimate of drug-likeness (QED) is 0.608. The molecule has 0 fully saturated rings. The van der Waals surface area contributed by atoms with E-state index >= 15 is 0 Å². The van der Waals surface area contributed by atoms with E-state index in [2.05, 4.69) is 9.82 Å². The second kappa shape index (κ2) is 8.16. The molecule has 1 aliphatic rings. The van der Waals surface area contributed by atoms with Crippen LogP contribution in [0.2, 0.25) is 5.02 Å². The Morgan fingerprint density at radius 1 is 1.23 bits per heavy atom. The molecule has 0 spiro atoms. The lowest BCUT2D eigenvalue weighted by atomic mass is 9.98. The Kier molecular flexibility index (Phi) is 5.55. The van der Waals surface area contributed by atoms with Crippen LogP contribution >= 0.6 is 11.6 Å². The maximum Gasteiger partial charge on any atom is 0.310 e. The minimum absolute atomic E-state index is 0.0595. The van der Waals surface area contributed by atoms with E-state index in [-0.39, 0.29) is 10.8 Å². The third kappa shape index (κ3) is 4.62. The van der Waals surface area contributed by atoms with E-state index < -0.39 is 27.8 Å². The number of furan rings is 1. The fraction of sp³-hybridized carbons (Fsp3) is 0.143. The van der Waals surface area contributed by atoms with Gasteiger partial charge in [-0.25, -0.2) is 17.8 Å². The van der Waals surface area contributed by atoms with Crippen molar-refractivity contribution in [3.05, 3.63) is 88.6 Å². The number of halogens is 2. The van der Waals surface area contributed by atoms with E-state index in [1.54, 1.807) is 36.4 Å². The molecule has 2 heterocycles. The zero-order valence-electron chi connectivity index (χ0n) is 16.2. The van der Waals surface area contributed by atoms with Crippen molar-refractivity contribution >= 4 is 38.9 Å². The normalized spacial score (nSPS) is 16.3. The zero-order valence-corrected chi connectivity index (χ0v) is 17.8. The summed E-state index contributed by atoms with van der Waals surface area (Å²) in [5, 5.41) is 5.70. The van der Waals surface area contributed by atoms with Gasteiger partial charge in [0.25, 0.3) is 0 Å². The van der Waals surface area contributed by atoms with Crippen LogP contribution < -0.4 is 4.72 Å². The molecule has 0 aliphatic carbocycles. The van der Waals surface area contributed by atoms with Crippen LogP contribution in [0.1, 0.15) is 34.1 Å². The average Bonchev–Trinajstić information content (AvgIpc) is 3.39. The summed E-state index contributed by atoms with van der Waals surface area (Å²) in [6.45, 7) is 0. The first-order valence-corrected chi connectivity index (χ1v) is 11.5. The number of carbonyl (C=O) groups excluding carboxylic acids is 1. The number of rotatable bonds is 5. The van der Waals surface area contributed by atoms with Crippen molar-refractivity contribution in [1.82, 2.24) is 5.01 Å². The highest BCUT2D eigenvalue weighted by atomic mass is 35.5. The van der Waals surface area contributed by atoms with Gasteiger partial charge in [-0.1, -0.05) is 29.8 Å². The molecule has 7 nitrogen and oxygen atoms in total. The highest BCUT2D eigenvalue weighted by Gasteiger charge is 2.35. The number of nitrogens with one attached hydrogen (secondary N) is 1. The molecule has 0 saturated carbocycles. The number of anilines is 1. The van der Waals surface area contributed by atoms with Gasteiger partial charge in [0.05, 0.1) is 29.3 Å². The van der Waals surface area contributed by atoms with Crippen molar-refractivity contribution < 1.29 is 22.0 Å². The Balaban J connectivity index is 1.72. The highest BCUT2D eigenvalue weighted by molar-refractivity contribution is 7.92. The average molecular weight is 462 g/mol. The molecule has 1 aromatic heterocycles. The molecule has 0 saturated heterocycles. The summed E-state index contributed by atoms with van der Waals surface area (Å²) in [4.78, 5) is 13.0. The van der Waals surface area contributed by atoms with Crippen molar-refractivity contribution in [2.24, 2.45) is 5.10 Å². The Morgan fingerprint density at radius 2 is 2.03 bits per heavy atom. The number of benzene rings is 2. The molecule has 1 atom stereocenters. The first-order valence-electron chi connectivity index (χ1n) is 9.19. The van der Waals surface area contributed by atoms with E-state index in [0.29, 0.717) is 28.9 Å². The number of amides is 1. The number of hydrogen-bond acceptors (Lipinski definition) is 5. The number of hydrogen-bond donors (Lipinski definition) is 1. The van der Waals surface area contributed by atoms with Gasteiger partial charge in [-0.2, -0.15) is 5.10 Å². The first-order chi connectivity index (χ1) is 14.7. The molecule has 4 rings (SSSR count). The van der Waals surface area contributed by atoms with Gasteiger partial charge < -0.3 is 4.42 Å². The van der Waals surface area contributed by atoms with Gasteiger partial charge in [0.15, 0.2) is 5.76 Å². The number of hydrazone groups is 1. The predicted octanol–water partition coefficient (Wildman–Crippen LogP) is 4.44. The molecule has 1 N–H and O–H groups in total. The Morgan fingerprint density at radius 3 is 2.71 bits per heavy atom. The van der Waals surface area contributed by atoms with Gasteiger partial charge in [0, 0.05) is 12.1 Å². The Labute approximate surface area is 183 Å². The molecule has 31 heavy (non-hydrogen) atoms. The molecule has 2 aromatic carbocycles. The van der Waals surface area contributed by atoms with Crippen molar-refractivity contribution in [3.8, 4) is 0 Å². The summed E-state index contributed by atoms with van der Waals surface area (Å²) < 4.78 is 44.4. The van der Waals surface area contributed by atoms with Crippen molar-refractivity contribution in [2.45, 2.75) is 12.5 Å². The summed E-state index contributed by atoms with van der Waals surface area (Å²) >= 11 is 5.96. The molecule has 1 aliphatic heterocycles. The van der Waals surface area contributed by atoms with Crippen molar-refractivity contribution in [2.75, 3.05) is 11.0 Å². The SMILES string of the molecule is CS(=O)(=O)Nc1cccc(C2=NN(C(=O)c3ccco3)C(c3ccc(F)c(Cl)c3)C2)c1. The van der Waals surface area contributed by atoms with Crippen LogP contribution in [0.3, 0.4) is 0 Å². The van der Waals surface area contributed by atoms with Gasteiger partial charge in [0.1, 0.15) is 5.82 Å². The molecule has 0 radical (unpaired) electrons. The van der Waals surface area contributed by atoms with Crippen LogP contribution in [0.15, 0.2) is 70.4 Å². The van der Waals surface area contributed by atoms with Crippen LogP contribution in [-0.4, -0.2) is 31.3 Å². The van der Waals surface area contributed by atoms with Gasteiger partial charge in [-0.15, -0.1) is 0 Å². The summed E-state index contributed by atoms with van der Waals surface area (Å²) in [7, 11) is -3.45. The fourth-order valence-corrected chi connectivity index (χ4v) is 4.08. The highest BCUT2D eigenvalue weighted by Crippen LogP contribution is 2.35. The Bertz CT molecular complexity index is 1280. The third-order valence-corrected chi connectivity index (χ3v) is 5.57. The molecule has 1 amide bonds. The van der Waals surface area contributed by atoms with Crippen LogP contribution in [0, 0.1) is 5.82 Å². The smallest absolute Gasteiger partial charge is 0.310 e. The molecular formula is C21H17ClFN3O4S. The number of carbonyl (C=O) groups is 1. The lowest BCUT2D eigenvalue weighted by molar-refractivity contribution is 0.0678. The standard InChI is InChI=1S/C21H17ClFN3O4S/c1-31(28,29)25-15-5-2-4-13(10-15)18-12-19(14-7-8-17(23)16(22)11-14)26(24-18)21(27)20-6-3-9-30-20/h2-11,19,25H,12H2,1H3. The van der Waals surface area contributed by atoms with Gasteiger partial charge in [0.2, 0.25) is 10.0 Å². The van der Waals surface area contributed by atoms with Crippen LogP contribution in [-0.2, 0) is 10.0 Å². The summed E-state index contributed by atoms with van der Waals surface area (Å²) in [5.41, 5.74) is 2.18. The molecule has 160 valence electrons. The maximum atomic E-state index is 13.7. The van der Waals surface area contributed by atoms with Gasteiger partial charge >= 0.3 is 5.91 Å². The minimum atomic E-state index is -3.45. The fourth-order valence-electron chi connectivity index (χ4n) is 3.34. The lowest BCUT2D eigenvalue weighted by Crippen LogP contribution is -2.26. The largest absolute Gasteiger partial charge is 0.459 e. The van der Waals surface area contributed by atoms with E-state index in [1.807, 2.05) is 0 Å². The number of sulfonamides is 1. The second-order valence-corrected chi connectivity index (χ2v) is 9.18. The van der Waals surface area contributed by atoms with Gasteiger partial charge in [-0.3, -0.25) is 9.52 Å². The molecule has 1 unspecified atom stereocenters. The van der Waals surface area contributed by atoms with Crippen molar-refractivity contribution in [1.29, 1.82) is 0 Å². The molecule has 3 aromatic rings. The van der Waals surface area contributed by atoms with E-state index in [4.69, 9.17) is 16.0 Å². The first kappa shape index (κ1) is 21.1.